The minimum atomic E-state index is 0.640. The van der Waals surface area contributed by atoms with Crippen LogP contribution in [0.2, 0.25) is 0 Å². The van der Waals surface area contributed by atoms with Crippen LogP contribution in [0.1, 0.15) is 32.1 Å². The molecule has 0 atom stereocenters. The third kappa shape index (κ3) is 3.30. The van der Waals surface area contributed by atoms with Gasteiger partial charge in [0.1, 0.15) is 0 Å². The molecule has 0 bridgehead atoms. The van der Waals surface area contributed by atoms with E-state index in [-0.39, 0.29) is 0 Å². The van der Waals surface area contributed by atoms with Gasteiger partial charge >= 0.3 is 0 Å². The van der Waals surface area contributed by atoms with Crippen molar-refractivity contribution in [1.82, 2.24) is 0 Å². The molecule has 1 aliphatic rings. The molecule has 0 unspecified atom stereocenters. The van der Waals surface area contributed by atoms with Gasteiger partial charge in [0.05, 0.1) is 0 Å². The number of rotatable bonds is 3. The predicted molar refractivity (Wildman–Crippen MR) is 52.7 cm³/mol. The second-order valence-electron chi connectivity index (χ2n) is 3.12. The van der Waals surface area contributed by atoms with Gasteiger partial charge in [0.15, 0.2) is 0 Å². The molecule has 0 aromatic carbocycles. The molecule has 64 valence electrons. The summed E-state index contributed by atoms with van der Waals surface area (Å²) in [5.74, 6) is 0. The molecule has 1 aliphatic carbocycles. The number of nitrogens with two attached hydrogens (primary N) is 1. The Kier molecular flexibility index (Phi) is 4.02. The van der Waals surface area contributed by atoms with Crippen LogP contribution in [0.5, 0.6) is 0 Å². The van der Waals surface area contributed by atoms with E-state index in [1.807, 2.05) is 11.8 Å². The smallest absolute Gasteiger partial charge is 0.0233 e. The quantitative estimate of drug-likeness (QED) is 0.706. The van der Waals surface area contributed by atoms with Crippen molar-refractivity contribution in [3.05, 3.63) is 11.5 Å². The molecule has 0 spiro atoms. The normalized spacial score (nSPS) is 20.1. The van der Waals surface area contributed by atoms with Gasteiger partial charge in [-0.2, -0.15) is 0 Å². The van der Waals surface area contributed by atoms with E-state index in [4.69, 9.17) is 5.73 Å². The van der Waals surface area contributed by atoms with Crippen LogP contribution in [0.25, 0.3) is 0 Å². The fourth-order valence-corrected chi connectivity index (χ4v) is 2.60. The summed E-state index contributed by atoms with van der Waals surface area (Å²) in [5.41, 5.74) is 5.47. The Hall–Kier alpha value is 0.0500. The Morgan fingerprint density at radius 3 is 2.55 bits per heavy atom. The highest BCUT2D eigenvalue weighted by Crippen LogP contribution is 2.31. The second-order valence-corrected chi connectivity index (χ2v) is 4.60. The number of thioether (sulfide) groups is 1. The van der Waals surface area contributed by atoms with Gasteiger partial charge in [-0.3, -0.25) is 0 Å². The summed E-state index contributed by atoms with van der Waals surface area (Å²) in [4.78, 5) is 1.15. The molecular weight excluding hydrogens is 154 g/mol. The van der Waals surface area contributed by atoms with Gasteiger partial charge in [-0.05, 0) is 17.7 Å². The molecular formula is C9H17NS. The molecule has 1 saturated carbocycles. The summed E-state index contributed by atoms with van der Waals surface area (Å²) in [7, 11) is 0. The van der Waals surface area contributed by atoms with Crippen molar-refractivity contribution in [1.29, 1.82) is 0 Å². The summed E-state index contributed by atoms with van der Waals surface area (Å²) in [6, 6.07) is 0. The van der Waals surface area contributed by atoms with Gasteiger partial charge in [-0.1, -0.05) is 25.8 Å². The van der Waals surface area contributed by atoms with Crippen molar-refractivity contribution in [3.8, 4) is 0 Å². The van der Waals surface area contributed by atoms with Gasteiger partial charge in [0.2, 0.25) is 0 Å². The molecule has 0 aromatic heterocycles. The summed E-state index contributed by atoms with van der Waals surface area (Å²) in [6.07, 6.45) is 6.95. The first-order valence-corrected chi connectivity index (χ1v) is 5.25. The average Bonchev–Trinajstić information content (AvgIpc) is 2.06. The molecule has 1 rings (SSSR count). The van der Waals surface area contributed by atoms with Gasteiger partial charge in [-0.25, -0.2) is 0 Å². The van der Waals surface area contributed by atoms with E-state index in [9.17, 15) is 0 Å². The van der Waals surface area contributed by atoms with Gasteiger partial charge in [0, 0.05) is 11.8 Å². The zero-order chi connectivity index (χ0) is 8.10. The van der Waals surface area contributed by atoms with Crippen molar-refractivity contribution in [2.45, 2.75) is 37.4 Å². The van der Waals surface area contributed by atoms with Crippen LogP contribution >= 0.6 is 11.8 Å². The van der Waals surface area contributed by atoms with E-state index in [0.717, 1.165) is 10.2 Å². The highest BCUT2D eigenvalue weighted by Gasteiger charge is 2.13. The number of hydrogen-bond donors (Lipinski definition) is 1. The Morgan fingerprint density at radius 2 is 2.00 bits per heavy atom. The molecule has 0 radical (unpaired) electrons. The monoisotopic (exact) mass is 171 g/mol. The van der Waals surface area contributed by atoms with E-state index in [0.29, 0.717) is 6.54 Å². The minimum absolute atomic E-state index is 0.640. The van der Waals surface area contributed by atoms with E-state index in [2.05, 4.69) is 6.58 Å². The molecule has 0 heterocycles. The lowest BCUT2D eigenvalue weighted by Crippen LogP contribution is -2.10. The summed E-state index contributed by atoms with van der Waals surface area (Å²) in [5, 5.41) is 0.819. The summed E-state index contributed by atoms with van der Waals surface area (Å²) in [6.45, 7) is 4.55. The third-order valence-electron chi connectivity index (χ3n) is 2.11. The maximum absolute atomic E-state index is 5.47. The molecule has 0 aromatic rings. The topological polar surface area (TPSA) is 26.0 Å². The maximum atomic E-state index is 5.47. The fourth-order valence-electron chi connectivity index (χ4n) is 1.47. The lowest BCUT2D eigenvalue weighted by Gasteiger charge is -2.21. The maximum Gasteiger partial charge on any atom is 0.0233 e. The minimum Gasteiger partial charge on any atom is -0.326 e. The highest BCUT2D eigenvalue weighted by atomic mass is 32.2. The molecule has 1 fully saturated rings. The molecule has 0 aliphatic heterocycles. The lowest BCUT2D eigenvalue weighted by molar-refractivity contribution is 0.516. The molecule has 0 saturated heterocycles. The van der Waals surface area contributed by atoms with E-state index >= 15 is 0 Å². The van der Waals surface area contributed by atoms with Gasteiger partial charge in [-0.15, -0.1) is 11.8 Å². The van der Waals surface area contributed by atoms with Crippen molar-refractivity contribution in [3.63, 3.8) is 0 Å². The van der Waals surface area contributed by atoms with Crippen molar-refractivity contribution in [2.75, 3.05) is 6.54 Å². The van der Waals surface area contributed by atoms with Crippen molar-refractivity contribution >= 4 is 11.8 Å². The van der Waals surface area contributed by atoms with Crippen LogP contribution in [-0.2, 0) is 0 Å². The first kappa shape index (κ1) is 9.14. The van der Waals surface area contributed by atoms with Crippen molar-refractivity contribution < 1.29 is 0 Å². The zero-order valence-electron chi connectivity index (χ0n) is 7.01. The summed E-state index contributed by atoms with van der Waals surface area (Å²) < 4.78 is 0. The Labute approximate surface area is 73.4 Å². The average molecular weight is 171 g/mol. The van der Waals surface area contributed by atoms with Gasteiger partial charge in [0.25, 0.3) is 0 Å². The van der Waals surface area contributed by atoms with Gasteiger partial charge < -0.3 is 5.73 Å². The van der Waals surface area contributed by atoms with Crippen LogP contribution in [0.4, 0.5) is 0 Å². The first-order chi connectivity index (χ1) is 5.33. The van der Waals surface area contributed by atoms with Crippen LogP contribution in [0, 0.1) is 0 Å². The second kappa shape index (κ2) is 4.83. The molecule has 11 heavy (non-hydrogen) atoms. The SMILES string of the molecule is C=C(CN)SC1CCCCC1. The Bertz CT molecular complexity index is 128. The van der Waals surface area contributed by atoms with Crippen LogP contribution in [-0.4, -0.2) is 11.8 Å². The zero-order valence-corrected chi connectivity index (χ0v) is 7.83. The van der Waals surface area contributed by atoms with E-state index in [1.54, 1.807) is 0 Å². The van der Waals surface area contributed by atoms with Crippen LogP contribution < -0.4 is 5.73 Å². The van der Waals surface area contributed by atoms with Crippen LogP contribution in [0.3, 0.4) is 0 Å². The Balaban J connectivity index is 2.19. The van der Waals surface area contributed by atoms with Crippen LogP contribution in [0.15, 0.2) is 11.5 Å². The molecule has 2 heteroatoms. The molecule has 0 amide bonds. The summed E-state index contributed by atoms with van der Waals surface area (Å²) >= 11 is 1.90. The lowest BCUT2D eigenvalue weighted by atomic mass is 10.0. The fraction of sp³-hybridized carbons (Fsp3) is 0.778. The predicted octanol–water partition coefficient (Wildman–Crippen LogP) is 2.52. The number of hydrogen-bond acceptors (Lipinski definition) is 2. The van der Waals surface area contributed by atoms with Crippen molar-refractivity contribution in [2.24, 2.45) is 5.73 Å². The first-order valence-electron chi connectivity index (χ1n) is 4.37. The van der Waals surface area contributed by atoms with E-state index < -0.39 is 0 Å². The molecule has 2 N–H and O–H groups in total. The Morgan fingerprint density at radius 1 is 1.36 bits per heavy atom. The largest absolute Gasteiger partial charge is 0.326 e. The van der Waals surface area contributed by atoms with E-state index in [1.165, 1.54) is 32.1 Å². The standard InChI is InChI=1S/C9H17NS/c1-8(7-10)11-9-5-3-2-4-6-9/h9H,1-7,10H2. The molecule has 1 nitrogen and oxygen atoms in total. The highest BCUT2D eigenvalue weighted by molar-refractivity contribution is 8.03. The third-order valence-corrected chi connectivity index (χ3v) is 3.42.